The van der Waals surface area contributed by atoms with Crippen molar-refractivity contribution in [3.63, 3.8) is 0 Å². The molecule has 2 atom stereocenters. The van der Waals surface area contributed by atoms with Gasteiger partial charge < -0.3 is 10.6 Å². The van der Waals surface area contributed by atoms with E-state index < -0.39 is 0 Å². The zero-order valence-corrected chi connectivity index (χ0v) is 14.4. The number of aromatic nitrogens is 2. The second-order valence-corrected chi connectivity index (χ2v) is 7.27. The molecule has 126 valence electrons. The summed E-state index contributed by atoms with van der Waals surface area (Å²) in [5.41, 5.74) is 2.26. The van der Waals surface area contributed by atoms with Gasteiger partial charge in [-0.15, -0.1) is 0 Å². The van der Waals surface area contributed by atoms with Crippen molar-refractivity contribution >= 4 is 17.5 Å². The second-order valence-electron chi connectivity index (χ2n) is 6.83. The second kappa shape index (κ2) is 6.22. The molecule has 4 rings (SSSR count). The number of amides is 1. The molecule has 24 heavy (non-hydrogen) atoms. The number of benzene rings is 1. The molecule has 2 aromatic rings. The van der Waals surface area contributed by atoms with E-state index in [2.05, 4.69) is 15.7 Å². The van der Waals surface area contributed by atoms with Crippen LogP contribution < -0.4 is 10.6 Å². The van der Waals surface area contributed by atoms with E-state index in [4.69, 9.17) is 11.6 Å². The van der Waals surface area contributed by atoms with Crippen LogP contribution in [-0.2, 0) is 0 Å². The van der Waals surface area contributed by atoms with E-state index in [0.29, 0.717) is 22.7 Å². The third-order valence-corrected chi connectivity index (χ3v) is 5.29. The van der Waals surface area contributed by atoms with Crippen molar-refractivity contribution < 1.29 is 4.79 Å². The lowest BCUT2D eigenvalue weighted by Crippen LogP contribution is -2.48. The molecule has 0 aliphatic carbocycles. The average molecular weight is 345 g/mol. The quantitative estimate of drug-likeness (QED) is 0.900. The Hall–Kier alpha value is -1.85. The number of nitrogens with one attached hydrogen (secondary N) is 2. The number of aryl methyl sites for hydroxylation is 1. The van der Waals surface area contributed by atoms with Crippen LogP contribution in [0.1, 0.15) is 41.7 Å². The molecule has 1 aromatic carbocycles. The summed E-state index contributed by atoms with van der Waals surface area (Å²) >= 11 is 5.92. The lowest BCUT2D eigenvalue weighted by molar-refractivity contribution is 0.0923. The molecule has 2 aliphatic rings. The van der Waals surface area contributed by atoms with Gasteiger partial charge in [-0.25, -0.2) is 4.68 Å². The number of hydrogen-bond donors (Lipinski definition) is 2. The molecule has 2 unspecified atom stereocenters. The van der Waals surface area contributed by atoms with Gasteiger partial charge in [0.15, 0.2) is 0 Å². The number of rotatable bonds is 3. The Morgan fingerprint density at radius 3 is 2.58 bits per heavy atom. The fourth-order valence-corrected chi connectivity index (χ4v) is 3.97. The Morgan fingerprint density at radius 1 is 1.25 bits per heavy atom. The van der Waals surface area contributed by atoms with Gasteiger partial charge in [-0.1, -0.05) is 11.6 Å². The van der Waals surface area contributed by atoms with Crippen LogP contribution in [0, 0.1) is 6.92 Å². The molecule has 1 aromatic heterocycles. The Morgan fingerprint density at radius 2 is 1.92 bits per heavy atom. The van der Waals surface area contributed by atoms with Crippen LogP contribution in [0.3, 0.4) is 0 Å². The SMILES string of the molecule is Cc1nn(-c2ccc(Cl)cc2)cc1C(=O)NC1CC2CCC(C1)N2. The van der Waals surface area contributed by atoms with Gasteiger partial charge in [0.2, 0.25) is 0 Å². The standard InChI is InChI=1S/C18H21ClN4O/c1-11-17(10-23(22-11)16-6-2-12(19)3-7-16)18(24)21-15-8-13-4-5-14(9-15)20-13/h2-3,6-7,10,13-15,20H,4-5,8-9H2,1H3,(H,21,24). The van der Waals surface area contributed by atoms with E-state index in [-0.39, 0.29) is 11.9 Å². The van der Waals surface area contributed by atoms with Crippen LogP contribution in [-0.4, -0.2) is 33.8 Å². The molecule has 2 N–H and O–H groups in total. The molecular formula is C18H21ClN4O. The molecular weight excluding hydrogens is 324 g/mol. The van der Waals surface area contributed by atoms with Crippen molar-refractivity contribution in [3.8, 4) is 5.69 Å². The Kier molecular flexibility index (Phi) is 4.06. The van der Waals surface area contributed by atoms with Crippen LogP contribution in [0.5, 0.6) is 0 Å². The first-order valence-electron chi connectivity index (χ1n) is 8.47. The van der Waals surface area contributed by atoms with Crippen LogP contribution in [0.2, 0.25) is 5.02 Å². The number of nitrogens with zero attached hydrogens (tertiary/aromatic N) is 2. The van der Waals surface area contributed by atoms with Gasteiger partial charge in [0.25, 0.3) is 5.91 Å². The van der Waals surface area contributed by atoms with E-state index in [0.717, 1.165) is 24.2 Å². The third kappa shape index (κ3) is 3.06. The van der Waals surface area contributed by atoms with Crippen LogP contribution in [0.15, 0.2) is 30.5 Å². The number of carbonyl (C=O) groups excluding carboxylic acids is 1. The minimum atomic E-state index is -0.0287. The summed E-state index contributed by atoms with van der Waals surface area (Å²) in [7, 11) is 0. The van der Waals surface area contributed by atoms with Gasteiger partial charge in [-0.3, -0.25) is 4.79 Å². The maximum atomic E-state index is 12.7. The lowest BCUT2D eigenvalue weighted by Gasteiger charge is -2.29. The van der Waals surface area contributed by atoms with E-state index in [1.807, 2.05) is 31.2 Å². The van der Waals surface area contributed by atoms with Crippen molar-refractivity contribution in [2.24, 2.45) is 0 Å². The van der Waals surface area contributed by atoms with Gasteiger partial charge in [0.05, 0.1) is 16.9 Å². The fraction of sp³-hybridized carbons (Fsp3) is 0.444. The van der Waals surface area contributed by atoms with Crippen LogP contribution in [0.4, 0.5) is 0 Å². The van der Waals surface area contributed by atoms with E-state index >= 15 is 0 Å². The molecule has 2 saturated heterocycles. The first kappa shape index (κ1) is 15.7. The number of carbonyl (C=O) groups is 1. The smallest absolute Gasteiger partial charge is 0.254 e. The summed E-state index contributed by atoms with van der Waals surface area (Å²) in [6, 6.07) is 8.80. The monoisotopic (exact) mass is 344 g/mol. The minimum Gasteiger partial charge on any atom is -0.349 e. The van der Waals surface area contributed by atoms with Crippen LogP contribution >= 0.6 is 11.6 Å². The van der Waals surface area contributed by atoms with Crippen molar-refractivity contribution in [2.45, 2.75) is 50.7 Å². The maximum absolute atomic E-state index is 12.7. The summed E-state index contributed by atoms with van der Waals surface area (Å²) in [5, 5.41) is 11.9. The third-order valence-electron chi connectivity index (χ3n) is 5.04. The average Bonchev–Trinajstić information content (AvgIpc) is 3.10. The van der Waals surface area contributed by atoms with Crippen molar-refractivity contribution in [2.75, 3.05) is 0 Å². The molecule has 5 nitrogen and oxygen atoms in total. The molecule has 0 radical (unpaired) electrons. The Balaban J connectivity index is 1.49. The zero-order chi connectivity index (χ0) is 16.7. The molecule has 0 spiro atoms. The largest absolute Gasteiger partial charge is 0.349 e. The highest BCUT2D eigenvalue weighted by atomic mass is 35.5. The summed E-state index contributed by atoms with van der Waals surface area (Å²) in [6.45, 7) is 1.87. The van der Waals surface area contributed by atoms with Crippen LogP contribution in [0.25, 0.3) is 5.69 Å². The molecule has 3 heterocycles. The summed E-state index contributed by atoms with van der Waals surface area (Å²) in [6.07, 6.45) is 6.29. The van der Waals surface area contributed by atoms with Crippen molar-refractivity contribution in [1.82, 2.24) is 20.4 Å². The van der Waals surface area contributed by atoms with Gasteiger partial charge in [0, 0.05) is 29.3 Å². The Bertz CT molecular complexity index is 743. The number of fused-ring (bicyclic) bond motifs is 2. The molecule has 0 saturated carbocycles. The topological polar surface area (TPSA) is 59.0 Å². The lowest BCUT2D eigenvalue weighted by atomic mass is 9.99. The minimum absolute atomic E-state index is 0.0287. The summed E-state index contributed by atoms with van der Waals surface area (Å²) in [5.74, 6) is -0.0287. The van der Waals surface area contributed by atoms with Gasteiger partial charge in [-0.2, -0.15) is 5.10 Å². The Labute approximate surface area is 146 Å². The maximum Gasteiger partial charge on any atom is 0.254 e. The van der Waals surface area contributed by atoms with Gasteiger partial charge in [-0.05, 0) is 56.9 Å². The highest BCUT2D eigenvalue weighted by Gasteiger charge is 2.34. The zero-order valence-electron chi connectivity index (χ0n) is 13.6. The highest BCUT2D eigenvalue weighted by molar-refractivity contribution is 6.30. The first-order valence-corrected chi connectivity index (χ1v) is 8.85. The molecule has 6 heteroatoms. The van der Waals surface area contributed by atoms with Gasteiger partial charge >= 0.3 is 0 Å². The predicted molar refractivity (Wildman–Crippen MR) is 93.7 cm³/mol. The highest BCUT2D eigenvalue weighted by Crippen LogP contribution is 2.27. The van der Waals surface area contributed by atoms with E-state index in [1.165, 1.54) is 12.8 Å². The van der Waals surface area contributed by atoms with E-state index in [1.54, 1.807) is 10.9 Å². The number of hydrogen-bond acceptors (Lipinski definition) is 3. The van der Waals surface area contributed by atoms with Crippen molar-refractivity contribution in [1.29, 1.82) is 0 Å². The molecule has 1 amide bonds. The molecule has 2 aliphatic heterocycles. The molecule has 2 bridgehead atoms. The molecule has 2 fully saturated rings. The number of piperidine rings is 1. The fourth-order valence-electron chi connectivity index (χ4n) is 3.85. The normalized spacial score (nSPS) is 25.7. The summed E-state index contributed by atoms with van der Waals surface area (Å²) < 4.78 is 1.73. The van der Waals surface area contributed by atoms with Crippen molar-refractivity contribution in [3.05, 3.63) is 46.7 Å². The van der Waals surface area contributed by atoms with Gasteiger partial charge in [0.1, 0.15) is 0 Å². The first-order chi connectivity index (χ1) is 11.6. The number of halogens is 1. The summed E-state index contributed by atoms with van der Waals surface area (Å²) in [4.78, 5) is 12.7. The predicted octanol–water partition coefficient (Wildman–Crippen LogP) is 2.85. The van der Waals surface area contributed by atoms with E-state index in [9.17, 15) is 4.79 Å².